The maximum absolute atomic E-state index is 14.4. The molecule has 1 amide bonds. The van der Waals surface area contributed by atoms with Crippen molar-refractivity contribution in [2.24, 2.45) is 7.05 Å². The topological polar surface area (TPSA) is 96.3 Å². The van der Waals surface area contributed by atoms with Gasteiger partial charge in [0, 0.05) is 36.8 Å². The lowest BCUT2D eigenvalue weighted by Crippen LogP contribution is -2.38. The molecule has 1 spiro atoms. The van der Waals surface area contributed by atoms with Gasteiger partial charge in [-0.05, 0) is 18.9 Å². The lowest BCUT2D eigenvalue weighted by molar-refractivity contribution is -0.137. The maximum atomic E-state index is 14.4. The molecule has 3 aromatic heterocycles. The number of ether oxygens (including phenoxy) is 2. The fourth-order valence-electron chi connectivity index (χ4n) is 5.48. The molecular weight excluding hydrogens is 479 g/mol. The zero-order valence-electron chi connectivity index (χ0n) is 19.7. The van der Waals surface area contributed by atoms with Gasteiger partial charge in [-0.25, -0.2) is 0 Å². The van der Waals surface area contributed by atoms with Crippen LogP contribution in [0.5, 0.6) is 0 Å². The van der Waals surface area contributed by atoms with Gasteiger partial charge in [0.15, 0.2) is 0 Å². The van der Waals surface area contributed by atoms with Gasteiger partial charge in [0.2, 0.25) is 5.76 Å². The van der Waals surface area contributed by atoms with E-state index in [2.05, 4.69) is 15.5 Å². The highest BCUT2D eigenvalue weighted by molar-refractivity contribution is 5.96. The Morgan fingerprint density at radius 3 is 2.75 bits per heavy atom. The third-order valence-corrected chi connectivity index (χ3v) is 7.32. The van der Waals surface area contributed by atoms with E-state index in [4.69, 9.17) is 13.9 Å². The summed E-state index contributed by atoms with van der Waals surface area (Å²) in [7, 11) is 1.72. The van der Waals surface area contributed by atoms with E-state index in [1.54, 1.807) is 28.7 Å². The summed E-state index contributed by atoms with van der Waals surface area (Å²) in [6.45, 7) is 1.75. The normalized spacial score (nSPS) is 20.6. The van der Waals surface area contributed by atoms with Crippen molar-refractivity contribution in [1.82, 2.24) is 24.9 Å². The number of amides is 1. The van der Waals surface area contributed by atoms with Gasteiger partial charge in [-0.1, -0.05) is 6.42 Å². The molecule has 2 fully saturated rings. The minimum Gasteiger partial charge on any atom is -0.454 e. The Morgan fingerprint density at radius 1 is 1.28 bits per heavy atom. The van der Waals surface area contributed by atoms with Crippen LogP contribution in [0.1, 0.15) is 52.4 Å². The molecule has 2 aliphatic carbocycles. The second kappa shape index (κ2) is 8.48. The van der Waals surface area contributed by atoms with Crippen molar-refractivity contribution < 1.29 is 31.9 Å². The smallest absolute Gasteiger partial charge is 0.420 e. The Morgan fingerprint density at radius 2 is 2.11 bits per heavy atom. The molecule has 12 heteroatoms. The number of rotatable bonds is 5. The maximum Gasteiger partial charge on any atom is 0.420 e. The van der Waals surface area contributed by atoms with Crippen LogP contribution >= 0.6 is 0 Å². The van der Waals surface area contributed by atoms with E-state index in [1.807, 2.05) is 6.20 Å². The fraction of sp³-hybridized carbons (Fsp3) is 0.542. The summed E-state index contributed by atoms with van der Waals surface area (Å²) < 4.78 is 63.4. The SMILES string of the molecule is Cn1ccc(CNC(=O)c2oc3c(c2C(F)(F)F)-c2nn(C[C@H]4COCCO4)cc2C2(CCC2)C3)n1. The third kappa shape index (κ3) is 3.92. The van der Waals surface area contributed by atoms with Gasteiger partial charge in [-0.2, -0.15) is 23.4 Å². The summed E-state index contributed by atoms with van der Waals surface area (Å²) in [5, 5.41) is 11.2. The zero-order chi connectivity index (χ0) is 25.1. The lowest BCUT2D eigenvalue weighted by Gasteiger charge is -2.43. The molecule has 9 nitrogen and oxygen atoms in total. The van der Waals surface area contributed by atoms with Gasteiger partial charge in [0.05, 0.1) is 44.2 Å². The zero-order valence-corrected chi connectivity index (χ0v) is 19.7. The molecule has 3 aromatic rings. The van der Waals surface area contributed by atoms with E-state index in [0.29, 0.717) is 38.5 Å². The van der Waals surface area contributed by atoms with Gasteiger partial charge in [0.1, 0.15) is 23.1 Å². The standard InChI is InChI=1S/C24H26F3N5O4/c1-31-6-3-14(29-31)10-28-22(33)21-19(24(25,26)27)18-17(36-21)9-23(4-2-5-23)16-12-32(30-20(16)18)11-15-13-34-7-8-35-15/h3,6,12,15H,2,4-5,7-11,13H2,1H3,(H,28,33)/t15-/m0/s1. The second-order valence-electron chi connectivity index (χ2n) is 9.76. The molecule has 0 radical (unpaired) electrons. The molecule has 1 aliphatic heterocycles. The predicted molar refractivity (Wildman–Crippen MR) is 119 cm³/mol. The highest BCUT2D eigenvalue weighted by Crippen LogP contribution is 2.56. The first-order valence-electron chi connectivity index (χ1n) is 12.0. The van der Waals surface area contributed by atoms with E-state index in [0.717, 1.165) is 24.8 Å². The van der Waals surface area contributed by atoms with Crippen LogP contribution < -0.4 is 5.32 Å². The Bertz CT molecular complexity index is 1300. The molecule has 4 heterocycles. The van der Waals surface area contributed by atoms with Gasteiger partial charge < -0.3 is 19.2 Å². The van der Waals surface area contributed by atoms with Crippen LogP contribution in [0.3, 0.4) is 0 Å². The van der Waals surface area contributed by atoms with Crippen molar-refractivity contribution in [2.75, 3.05) is 19.8 Å². The number of nitrogens with zero attached hydrogens (tertiary/aromatic N) is 4. The van der Waals surface area contributed by atoms with Crippen LogP contribution in [0.15, 0.2) is 22.9 Å². The van der Waals surface area contributed by atoms with E-state index in [1.165, 1.54) is 0 Å². The van der Waals surface area contributed by atoms with Crippen molar-refractivity contribution in [3.05, 3.63) is 46.8 Å². The number of hydrogen-bond acceptors (Lipinski definition) is 6. The first-order chi connectivity index (χ1) is 17.2. The van der Waals surface area contributed by atoms with Crippen LogP contribution in [-0.2, 0) is 47.6 Å². The average molecular weight is 505 g/mol. The number of halogens is 3. The average Bonchev–Trinajstić information content (AvgIpc) is 3.52. The molecule has 192 valence electrons. The van der Waals surface area contributed by atoms with E-state index in [9.17, 15) is 18.0 Å². The van der Waals surface area contributed by atoms with Gasteiger partial charge in [-0.15, -0.1) is 0 Å². The molecule has 1 atom stereocenters. The molecule has 0 unspecified atom stereocenters. The Hall–Kier alpha value is -3.12. The van der Waals surface area contributed by atoms with Crippen LogP contribution in [0.4, 0.5) is 13.2 Å². The van der Waals surface area contributed by atoms with Crippen molar-refractivity contribution >= 4 is 5.91 Å². The lowest BCUT2D eigenvalue weighted by atomic mass is 9.59. The number of aryl methyl sites for hydroxylation is 1. The number of alkyl halides is 3. The van der Waals surface area contributed by atoms with Crippen LogP contribution in [0.25, 0.3) is 11.3 Å². The first kappa shape index (κ1) is 23.3. The highest BCUT2D eigenvalue weighted by atomic mass is 19.4. The Balaban J connectivity index is 1.38. The van der Waals surface area contributed by atoms with Gasteiger partial charge >= 0.3 is 6.18 Å². The number of furan rings is 1. The Labute approximate surface area is 204 Å². The number of hydrogen-bond donors (Lipinski definition) is 1. The van der Waals surface area contributed by atoms with Crippen molar-refractivity contribution in [1.29, 1.82) is 0 Å². The molecular formula is C24H26F3N5O4. The van der Waals surface area contributed by atoms with Crippen LogP contribution in [0, 0.1) is 0 Å². The minimum absolute atomic E-state index is 0.0182. The van der Waals surface area contributed by atoms with E-state index >= 15 is 0 Å². The molecule has 3 aliphatic rings. The Kier molecular flexibility index (Phi) is 5.48. The predicted octanol–water partition coefficient (Wildman–Crippen LogP) is 3.22. The summed E-state index contributed by atoms with van der Waals surface area (Å²) in [5.74, 6) is -1.50. The van der Waals surface area contributed by atoms with Crippen molar-refractivity contribution in [3.63, 3.8) is 0 Å². The van der Waals surface area contributed by atoms with Crippen molar-refractivity contribution in [2.45, 2.75) is 56.5 Å². The monoisotopic (exact) mass is 505 g/mol. The molecule has 1 N–H and O–H groups in total. The largest absolute Gasteiger partial charge is 0.454 e. The summed E-state index contributed by atoms with van der Waals surface area (Å²) >= 11 is 0. The van der Waals surface area contributed by atoms with Crippen molar-refractivity contribution in [3.8, 4) is 11.3 Å². The number of aromatic nitrogens is 4. The number of nitrogens with one attached hydrogen (secondary N) is 1. The van der Waals surface area contributed by atoms with Gasteiger partial charge in [-0.3, -0.25) is 14.2 Å². The molecule has 6 rings (SSSR count). The molecule has 1 saturated carbocycles. The highest BCUT2D eigenvalue weighted by Gasteiger charge is 2.52. The summed E-state index contributed by atoms with van der Waals surface area (Å²) in [5.41, 5.74) is 0.0234. The molecule has 1 saturated heterocycles. The molecule has 0 bridgehead atoms. The summed E-state index contributed by atoms with van der Waals surface area (Å²) in [6, 6.07) is 1.68. The van der Waals surface area contributed by atoms with Gasteiger partial charge in [0.25, 0.3) is 5.91 Å². The number of fused-ring (bicyclic) bond motifs is 4. The quantitative estimate of drug-likeness (QED) is 0.572. The molecule has 0 aromatic carbocycles. The van der Waals surface area contributed by atoms with Crippen LogP contribution in [0.2, 0.25) is 0 Å². The first-order valence-corrected chi connectivity index (χ1v) is 12.0. The van der Waals surface area contributed by atoms with E-state index in [-0.39, 0.29) is 35.1 Å². The number of carbonyl (C=O) groups excluding carboxylic acids is 1. The fourth-order valence-corrected chi connectivity index (χ4v) is 5.48. The van der Waals surface area contributed by atoms with Crippen LogP contribution in [-0.4, -0.2) is 51.4 Å². The van der Waals surface area contributed by atoms with E-state index < -0.39 is 23.4 Å². The molecule has 36 heavy (non-hydrogen) atoms. The summed E-state index contributed by atoms with van der Waals surface area (Å²) in [4.78, 5) is 12.9. The minimum atomic E-state index is -4.81. The summed E-state index contributed by atoms with van der Waals surface area (Å²) in [6.07, 6.45) is 1.44. The number of carbonyl (C=O) groups is 1. The third-order valence-electron chi connectivity index (χ3n) is 7.32. The second-order valence-corrected chi connectivity index (χ2v) is 9.76.